The Labute approximate surface area is 94.7 Å². The van der Waals surface area contributed by atoms with Crippen molar-refractivity contribution >= 4 is 5.97 Å². The van der Waals surface area contributed by atoms with Crippen LogP contribution in [0.1, 0.15) is 19.0 Å². The summed E-state index contributed by atoms with van der Waals surface area (Å²) < 4.78 is 1.77. The third-order valence-corrected chi connectivity index (χ3v) is 3.34. The number of aliphatic carboxylic acids is 1. The number of aromatic nitrogens is 2. The van der Waals surface area contributed by atoms with Gasteiger partial charge in [0.05, 0.1) is 11.6 Å². The fraction of sp³-hybridized carbons (Fsp3) is 0.636. The molecule has 0 aromatic carbocycles. The van der Waals surface area contributed by atoms with Crippen LogP contribution in [0.2, 0.25) is 0 Å². The molecule has 1 aliphatic rings. The van der Waals surface area contributed by atoms with Gasteiger partial charge in [-0.15, -0.1) is 0 Å². The minimum absolute atomic E-state index is 0.0968. The topological polar surface area (TPSA) is 58.4 Å². The van der Waals surface area contributed by atoms with Gasteiger partial charge in [0.1, 0.15) is 0 Å². The quantitative estimate of drug-likeness (QED) is 0.820. The first-order valence-electron chi connectivity index (χ1n) is 5.53. The van der Waals surface area contributed by atoms with Gasteiger partial charge in [-0.05, 0) is 26.0 Å². The van der Waals surface area contributed by atoms with Crippen molar-refractivity contribution in [2.75, 3.05) is 6.54 Å². The average molecular weight is 223 g/mol. The summed E-state index contributed by atoms with van der Waals surface area (Å²) in [7, 11) is 1.89. The summed E-state index contributed by atoms with van der Waals surface area (Å²) in [6.45, 7) is 3.56. The molecule has 0 spiro atoms. The van der Waals surface area contributed by atoms with Crippen molar-refractivity contribution in [3.8, 4) is 0 Å². The molecule has 0 saturated carbocycles. The molecule has 2 rings (SSSR count). The van der Waals surface area contributed by atoms with E-state index in [0.717, 1.165) is 25.2 Å². The summed E-state index contributed by atoms with van der Waals surface area (Å²) in [6, 6.07) is 2.07. The molecule has 1 N–H and O–H groups in total. The molecule has 5 heteroatoms. The second-order valence-corrected chi connectivity index (χ2v) is 4.43. The predicted molar refractivity (Wildman–Crippen MR) is 58.8 cm³/mol. The molecule has 2 unspecified atom stereocenters. The molecule has 1 aromatic rings. The van der Waals surface area contributed by atoms with Crippen molar-refractivity contribution in [2.45, 2.75) is 25.9 Å². The highest BCUT2D eigenvalue weighted by Gasteiger charge is 2.35. The van der Waals surface area contributed by atoms with E-state index in [9.17, 15) is 4.79 Å². The van der Waals surface area contributed by atoms with Crippen LogP contribution in [0.3, 0.4) is 0 Å². The summed E-state index contributed by atoms with van der Waals surface area (Å²) in [5, 5.41) is 13.3. The van der Waals surface area contributed by atoms with Crippen LogP contribution in [-0.4, -0.2) is 38.3 Å². The number of nitrogens with zero attached hydrogens (tertiary/aromatic N) is 3. The fourth-order valence-electron chi connectivity index (χ4n) is 2.31. The van der Waals surface area contributed by atoms with E-state index in [4.69, 9.17) is 5.11 Å². The first-order chi connectivity index (χ1) is 7.58. The van der Waals surface area contributed by atoms with E-state index >= 15 is 0 Å². The van der Waals surface area contributed by atoms with Crippen LogP contribution in [-0.2, 0) is 18.4 Å². The summed E-state index contributed by atoms with van der Waals surface area (Å²) >= 11 is 0. The van der Waals surface area contributed by atoms with Crippen molar-refractivity contribution in [3.05, 3.63) is 18.0 Å². The number of carboxylic acid groups (broad SMARTS) is 1. The fourth-order valence-corrected chi connectivity index (χ4v) is 2.31. The third-order valence-electron chi connectivity index (χ3n) is 3.34. The second-order valence-electron chi connectivity index (χ2n) is 4.43. The summed E-state index contributed by atoms with van der Waals surface area (Å²) in [4.78, 5) is 13.1. The molecule has 5 nitrogen and oxygen atoms in total. The van der Waals surface area contributed by atoms with E-state index in [1.807, 2.05) is 26.2 Å². The molecule has 2 atom stereocenters. The molecule has 0 amide bonds. The van der Waals surface area contributed by atoms with Crippen molar-refractivity contribution in [2.24, 2.45) is 13.0 Å². The first kappa shape index (κ1) is 11.1. The van der Waals surface area contributed by atoms with Gasteiger partial charge in [-0.1, -0.05) is 0 Å². The Hall–Kier alpha value is -1.36. The Kier molecular flexibility index (Phi) is 2.96. The SMILES string of the molecule is CC1C(C(=O)O)CCN1Cc1ccn(C)n1. The molecule has 0 bridgehead atoms. The van der Waals surface area contributed by atoms with Crippen molar-refractivity contribution in [3.63, 3.8) is 0 Å². The Bertz CT molecular complexity index is 388. The lowest BCUT2D eigenvalue weighted by atomic mass is 10.0. The highest BCUT2D eigenvalue weighted by molar-refractivity contribution is 5.71. The van der Waals surface area contributed by atoms with Gasteiger partial charge in [-0.25, -0.2) is 0 Å². The summed E-state index contributed by atoms with van der Waals surface area (Å²) in [5.41, 5.74) is 1.00. The van der Waals surface area contributed by atoms with Crippen LogP contribution in [0.15, 0.2) is 12.3 Å². The second kappa shape index (κ2) is 4.25. The maximum Gasteiger partial charge on any atom is 0.308 e. The van der Waals surface area contributed by atoms with E-state index in [1.165, 1.54) is 0 Å². The molecule has 1 saturated heterocycles. The maximum atomic E-state index is 11.0. The number of hydrogen-bond acceptors (Lipinski definition) is 3. The van der Waals surface area contributed by atoms with Gasteiger partial charge in [0.2, 0.25) is 0 Å². The molecule has 1 aliphatic heterocycles. The van der Waals surface area contributed by atoms with Crippen LogP contribution in [0, 0.1) is 5.92 Å². The largest absolute Gasteiger partial charge is 0.481 e. The van der Waals surface area contributed by atoms with E-state index < -0.39 is 5.97 Å². The van der Waals surface area contributed by atoms with Crippen LogP contribution in [0.5, 0.6) is 0 Å². The van der Waals surface area contributed by atoms with Gasteiger partial charge in [-0.3, -0.25) is 14.4 Å². The van der Waals surface area contributed by atoms with Gasteiger partial charge < -0.3 is 5.11 Å². The predicted octanol–water partition coefficient (Wildman–Crippen LogP) is 0.715. The first-order valence-corrected chi connectivity index (χ1v) is 5.53. The van der Waals surface area contributed by atoms with Gasteiger partial charge in [0.25, 0.3) is 0 Å². The van der Waals surface area contributed by atoms with E-state index in [0.29, 0.717) is 0 Å². The normalized spacial score (nSPS) is 26.1. The zero-order valence-electron chi connectivity index (χ0n) is 9.63. The molecule has 0 radical (unpaired) electrons. The lowest BCUT2D eigenvalue weighted by molar-refractivity contribution is -0.142. The minimum Gasteiger partial charge on any atom is -0.481 e. The van der Waals surface area contributed by atoms with Crippen molar-refractivity contribution in [1.29, 1.82) is 0 Å². The van der Waals surface area contributed by atoms with E-state index in [1.54, 1.807) is 4.68 Å². The molecule has 88 valence electrons. The zero-order valence-corrected chi connectivity index (χ0v) is 9.63. The summed E-state index contributed by atoms with van der Waals surface area (Å²) in [5.74, 6) is -0.917. The van der Waals surface area contributed by atoms with E-state index in [2.05, 4.69) is 10.00 Å². The molecular weight excluding hydrogens is 206 g/mol. The molecular formula is C11H17N3O2. The smallest absolute Gasteiger partial charge is 0.308 e. The number of carboxylic acids is 1. The highest BCUT2D eigenvalue weighted by atomic mass is 16.4. The molecule has 1 aromatic heterocycles. The highest BCUT2D eigenvalue weighted by Crippen LogP contribution is 2.25. The number of aryl methyl sites for hydroxylation is 1. The van der Waals surface area contributed by atoms with Crippen LogP contribution in [0.25, 0.3) is 0 Å². The molecule has 0 aliphatic carbocycles. The lowest BCUT2D eigenvalue weighted by Crippen LogP contribution is -2.32. The third kappa shape index (κ3) is 2.09. The number of carbonyl (C=O) groups is 1. The molecule has 1 fully saturated rings. The van der Waals surface area contributed by atoms with Gasteiger partial charge >= 0.3 is 5.97 Å². The van der Waals surface area contributed by atoms with Gasteiger partial charge in [0, 0.05) is 25.8 Å². The van der Waals surface area contributed by atoms with Crippen LogP contribution in [0.4, 0.5) is 0 Å². The van der Waals surface area contributed by atoms with Gasteiger partial charge in [0.15, 0.2) is 0 Å². The number of likely N-dealkylation sites (tertiary alicyclic amines) is 1. The number of hydrogen-bond donors (Lipinski definition) is 1. The number of rotatable bonds is 3. The maximum absolute atomic E-state index is 11.0. The van der Waals surface area contributed by atoms with Crippen LogP contribution < -0.4 is 0 Å². The standard InChI is InChI=1S/C11H17N3O2/c1-8-10(11(15)16)4-6-14(8)7-9-3-5-13(2)12-9/h3,5,8,10H,4,6-7H2,1-2H3,(H,15,16). The van der Waals surface area contributed by atoms with E-state index in [-0.39, 0.29) is 12.0 Å². The molecule has 2 heterocycles. The Morgan fingerprint density at radius 3 is 2.94 bits per heavy atom. The van der Waals surface area contributed by atoms with Crippen molar-refractivity contribution < 1.29 is 9.90 Å². The lowest BCUT2D eigenvalue weighted by Gasteiger charge is -2.21. The Morgan fingerprint density at radius 1 is 1.69 bits per heavy atom. The molecule has 16 heavy (non-hydrogen) atoms. The Morgan fingerprint density at radius 2 is 2.44 bits per heavy atom. The van der Waals surface area contributed by atoms with Crippen LogP contribution >= 0.6 is 0 Å². The minimum atomic E-state index is -0.684. The average Bonchev–Trinajstić information content (AvgIpc) is 2.76. The van der Waals surface area contributed by atoms with Gasteiger partial charge in [-0.2, -0.15) is 5.10 Å². The summed E-state index contributed by atoms with van der Waals surface area (Å²) in [6.07, 6.45) is 2.65. The Balaban J connectivity index is 2.00. The zero-order chi connectivity index (χ0) is 11.7. The monoisotopic (exact) mass is 223 g/mol. The van der Waals surface area contributed by atoms with Crippen molar-refractivity contribution in [1.82, 2.24) is 14.7 Å².